The van der Waals surface area contributed by atoms with Gasteiger partial charge < -0.3 is 0 Å². The molecule has 0 saturated carbocycles. The van der Waals surface area contributed by atoms with Crippen molar-refractivity contribution in [3.8, 4) is 0 Å². The van der Waals surface area contributed by atoms with E-state index in [2.05, 4.69) is 69.0 Å². The van der Waals surface area contributed by atoms with Crippen molar-refractivity contribution in [2.75, 3.05) is 0 Å². The van der Waals surface area contributed by atoms with E-state index >= 15 is 0 Å². The van der Waals surface area contributed by atoms with Gasteiger partial charge in [0, 0.05) is 11.5 Å². The van der Waals surface area contributed by atoms with Crippen molar-refractivity contribution in [3.63, 3.8) is 0 Å². The van der Waals surface area contributed by atoms with Crippen LogP contribution in [0.25, 0.3) is 0 Å². The van der Waals surface area contributed by atoms with Crippen molar-refractivity contribution in [1.29, 1.82) is 0 Å². The summed E-state index contributed by atoms with van der Waals surface area (Å²) in [5.74, 6) is 0.243. The molecule has 104 valence electrons. The minimum Gasteiger partial charge on any atom is -0.298 e. The zero-order valence-electron chi connectivity index (χ0n) is 12.7. The Balaban J connectivity index is 2.55. The Bertz CT molecular complexity index is 597. The number of aldehydes is 1. The summed E-state index contributed by atoms with van der Waals surface area (Å²) in [6, 6.07) is 16.7. The Hall–Kier alpha value is -1.67. The van der Waals surface area contributed by atoms with Crippen molar-refractivity contribution in [2.45, 2.75) is 32.5 Å². The topological polar surface area (TPSA) is 17.1 Å². The third kappa shape index (κ3) is 2.91. The van der Waals surface area contributed by atoms with E-state index in [0.29, 0.717) is 0 Å². The fourth-order valence-electron chi connectivity index (χ4n) is 2.67. The van der Waals surface area contributed by atoms with Crippen LogP contribution in [-0.2, 0) is 0 Å². The maximum atomic E-state index is 11.7. The summed E-state index contributed by atoms with van der Waals surface area (Å²) in [5, 5.41) is 1.26. The first-order valence-corrected chi connectivity index (χ1v) is 10.6. The third-order valence-corrected chi connectivity index (χ3v) is 5.88. The maximum absolute atomic E-state index is 11.7. The number of hydrogen-bond donors (Lipinski definition) is 0. The zero-order valence-corrected chi connectivity index (χ0v) is 13.7. The molecule has 1 unspecified atom stereocenters. The molecule has 1 nitrogen and oxygen atoms in total. The highest BCUT2D eigenvalue weighted by atomic mass is 28.3. The van der Waals surface area contributed by atoms with E-state index in [4.69, 9.17) is 0 Å². The van der Waals surface area contributed by atoms with E-state index < -0.39 is 8.07 Å². The van der Waals surface area contributed by atoms with Gasteiger partial charge in [-0.05, 0) is 16.3 Å². The molecule has 0 aromatic heterocycles. The normalized spacial score (nSPS) is 13.0. The van der Waals surface area contributed by atoms with Gasteiger partial charge in [0.2, 0.25) is 0 Å². The summed E-state index contributed by atoms with van der Waals surface area (Å²) in [7, 11) is -1.51. The fourth-order valence-corrected chi connectivity index (χ4v) is 4.27. The number of hydrogen-bond acceptors (Lipinski definition) is 1. The van der Waals surface area contributed by atoms with E-state index in [1.54, 1.807) is 0 Å². The van der Waals surface area contributed by atoms with Gasteiger partial charge in [0.05, 0.1) is 8.07 Å². The van der Waals surface area contributed by atoms with Gasteiger partial charge >= 0.3 is 0 Å². The van der Waals surface area contributed by atoms with Crippen LogP contribution in [0.5, 0.6) is 0 Å². The van der Waals surface area contributed by atoms with Gasteiger partial charge in [-0.3, -0.25) is 4.79 Å². The van der Waals surface area contributed by atoms with Crippen LogP contribution >= 0.6 is 0 Å². The van der Waals surface area contributed by atoms with E-state index in [1.165, 1.54) is 10.8 Å². The molecule has 0 N–H and O–H groups in total. The average molecular weight is 282 g/mol. The molecule has 0 saturated heterocycles. The number of benzene rings is 2. The van der Waals surface area contributed by atoms with E-state index in [-0.39, 0.29) is 5.92 Å². The Morgan fingerprint density at radius 3 is 2.15 bits per heavy atom. The van der Waals surface area contributed by atoms with Gasteiger partial charge in [0.25, 0.3) is 0 Å². The molecule has 0 heterocycles. The molecule has 1 atom stereocenters. The Morgan fingerprint density at radius 2 is 1.60 bits per heavy atom. The van der Waals surface area contributed by atoms with Gasteiger partial charge in [-0.1, -0.05) is 75.1 Å². The molecule has 0 aliphatic rings. The SMILES string of the molecule is CC(c1ccccc1)c1cccc([Si](C)(C)C)c1C=O. The van der Waals surface area contributed by atoms with Gasteiger partial charge in [-0.15, -0.1) is 0 Å². The smallest absolute Gasteiger partial charge is 0.150 e. The Kier molecular flexibility index (Phi) is 4.24. The van der Waals surface area contributed by atoms with Crippen LogP contribution in [0.4, 0.5) is 0 Å². The van der Waals surface area contributed by atoms with Crippen molar-refractivity contribution in [2.24, 2.45) is 0 Å². The van der Waals surface area contributed by atoms with E-state index in [1.807, 2.05) is 6.07 Å². The summed E-state index contributed by atoms with van der Waals surface area (Å²) < 4.78 is 0. The first kappa shape index (κ1) is 14.7. The lowest BCUT2D eigenvalue weighted by atomic mass is 9.90. The molecule has 0 spiro atoms. The first-order chi connectivity index (χ1) is 9.45. The number of rotatable bonds is 4. The summed E-state index contributed by atoms with van der Waals surface area (Å²) in [6.07, 6.45) is 1.04. The molecule has 2 aromatic carbocycles. The predicted molar refractivity (Wildman–Crippen MR) is 88.8 cm³/mol. The molecule has 0 bridgehead atoms. The maximum Gasteiger partial charge on any atom is 0.150 e. The van der Waals surface area contributed by atoms with Crippen molar-refractivity contribution >= 4 is 19.5 Å². The molecule has 20 heavy (non-hydrogen) atoms. The standard InChI is InChI=1S/C18H22OSi/c1-14(15-9-6-5-7-10-15)16-11-8-12-18(17(16)13-19)20(2,3)4/h5-14H,1-4H3. The highest BCUT2D eigenvalue weighted by molar-refractivity contribution is 6.89. The molecule has 0 aliphatic heterocycles. The zero-order chi connectivity index (χ0) is 14.8. The van der Waals surface area contributed by atoms with Crippen LogP contribution in [0.1, 0.15) is 34.3 Å². The van der Waals surface area contributed by atoms with Crippen LogP contribution in [0.2, 0.25) is 19.6 Å². The molecule has 2 heteroatoms. The van der Waals surface area contributed by atoms with E-state index in [9.17, 15) is 4.79 Å². The van der Waals surface area contributed by atoms with Crippen LogP contribution in [0.15, 0.2) is 48.5 Å². The molecule has 2 rings (SSSR count). The number of carbonyl (C=O) groups excluding carboxylic acids is 1. The molecule has 0 fully saturated rings. The van der Waals surface area contributed by atoms with Crippen molar-refractivity contribution in [3.05, 3.63) is 65.2 Å². The second-order valence-electron chi connectivity index (χ2n) is 6.31. The predicted octanol–water partition coefficient (Wildman–Crippen LogP) is 4.20. The Morgan fingerprint density at radius 1 is 0.950 bits per heavy atom. The quantitative estimate of drug-likeness (QED) is 0.607. The molecule has 2 aromatic rings. The fraction of sp³-hybridized carbons (Fsp3) is 0.278. The largest absolute Gasteiger partial charge is 0.298 e. The van der Waals surface area contributed by atoms with Crippen molar-refractivity contribution in [1.82, 2.24) is 0 Å². The third-order valence-electron chi connectivity index (χ3n) is 3.83. The number of carbonyl (C=O) groups is 1. The van der Waals surface area contributed by atoms with Crippen LogP contribution in [0.3, 0.4) is 0 Å². The molecular formula is C18H22OSi. The van der Waals surface area contributed by atoms with Gasteiger partial charge in [0.1, 0.15) is 6.29 Å². The average Bonchev–Trinajstić information content (AvgIpc) is 2.45. The molecule has 0 radical (unpaired) electrons. The molecule has 0 amide bonds. The second-order valence-corrected chi connectivity index (χ2v) is 11.3. The lowest BCUT2D eigenvalue weighted by Gasteiger charge is -2.23. The van der Waals surface area contributed by atoms with Crippen LogP contribution in [0, 0.1) is 0 Å². The van der Waals surface area contributed by atoms with Gasteiger partial charge in [0.15, 0.2) is 0 Å². The lowest BCUT2D eigenvalue weighted by Crippen LogP contribution is -2.40. The molecule has 0 aliphatic carbocycles. The van der Waals surface area contributed by atoms with Crippen LogP contribution in [-0.4, -0.2) is 14.4 Å². The van der Waals surface area contributed by atoms with Gasteiger partial charge in [-0.25, -0.2) is 0 Å². The summed E-state index contributed by atoms with van der Waals surface area (Å²) in [5.41, 5.74) is 3.30. The summed E-state index contributed by atoms with van der Waals surface area (Å²) >= 11 is 0. The van der Waals surface area contributed by atoms with Gasteiger partial charge in [-0.2, -0.15) is 0 Å². The lowest BCUT2D eigenvalue weighted by molar-refractivity contribution is 0.112. The monoisotopic (exact) mass is 282 g/mol. The minimum absolute atomic E-state index is 0.243. The second kappa shape index (κ2) is 5.76. The first-order valence-electron chi connectivity index (χ1n) is 7.08. The van der Waals surface area contributed by atoms with E-state index in [0.717, 1.165) is 17.4 Å². The molecular weight excluding hydrogens is 260 g/mol. The Labute approximate surface area is 122 Å². The summed E-state index contributed by atoms with van der Waals surface area (Å²) in [4.78, 5) is 11.7. The van der Waals surface area contributed by atoms with Crippen molar-refractivity contribution < 1.29 is 4.79 Å². The highest BCUT2D eigenvalue weighted by Crippen LogP contribution is 2.26. The highest BCUT2D eigenvalue weighted by Gasteiger charge is 2.23. The summed E-state index contributed by atoms with van der Waals surface area (Å²) in [6.45, 7) is 9.02. The minimum atomic E-state index is -1.51. The van der Waals surface area contributed by atoms with Crippen LogP contribution < -0.4 is 5.19 Å².